The molecule has 0 radical (unpaired) electrons. The van der Waals surface area contributed by atoms with Crippen LogP contribution < -0.4 is 5.73 Å². The third-order valence-corrected chi connectivity index (χ3v) is 3.05. The molecule has 0 rings (SSSR count). The molecular formula is C12H28N2. The Morgan fingerprint density at radius 2 is 1.79 bits per heavy atom. The fourth-order valence-corrected chi connectivity index (χ4v) is 1.33. The average Bonchev–Trinajstić information content (AvgIpc) is 2.12. The van der Waals surface area contributed by atoms with Crippen LogP contribution in [0.25, 0.3) is 0 Å². The van der Waals surface area contributed by atoms with Crippen molar-refractivity contribution in [2.24, 2.45) is 11.1 Å². The molecule has 0 heterocycles. The molecule has 0 spiro atoms. The predicted octanol–water partition coefficient (Wildman–Crippen LogP) is 2.48. The maximum atomic E-state index is 5.69. The van der Waals surface area contributed by atoms with E-state index < -0.39 is 0 Å². The van der Waals surface area contributed by atoms with E-state index in [1.165, 1.54) is 25.8 Å². The van der Waals surface area contributed by atoms with Crippen LogP contribution in [-0.4, -0.2) is 31.1 Å². The van der Waals surface area contributed by atoms with Gasteiger partial charge in [-0.1, -0.05) is 20.3 Å². The average molecular weight is 200 g/mol. The van der Waals surface area contributed by atoms with Crippen molar-refractivity contribution in [3.8, 4) is 0 Å². The molecule has 0 amide bonds. The van der Waals surface area contributed by atoms with Crippen LogP contribution in [0.15, 0.2) is 0 Å². The second-order valence-electron chi connectivity index (χ2n) is 5.40. The van der Waals surface area contributed by atoms with Gasteiger partial charge in [0.2, 0.25) is 0 Å². The molecule has 0 saturated carbocycles. The van der Waals surface area contributed by atoms with Crippen LogP contribution in [0.2, 0.25) is 0 Å². The number of hydrogen-bond acceptors (Lipinski definition) is 2. The lowest BCUT2D eigenvalue weighted by molar-refractivity contribution is 0.255. The fourth-order valence-electron chi connectivity index (χ4n) is 1.33. The van der Waals surface area contributed by atoms with Gasteiger partial charge < -0.3 is 10.6 Å². The summed E-state index contributed by atoms with van der Waals surface area (Å²) >= 11 is 0. The zero-order chi connectivity index (χ0) is 11.2. The summed E-state index contributed by atoms with van der Waals surface area (Å²) in [6, 6.07) is 0.664. The third kappa shape index (κ3) is 6.39. The minimum Gasteiger partial charge on any atom is -0.330 e. The van der Waals surface area contributed by atoms with Crippen LogP contribution in [0.3, 0.4) is 0 Å². The predicted molar refractivity (Wildman–Crippen MR) is 64.5 cm³/mol. The first-order valence-corrected chi connectivity index (χ1v) is 5.79. The summed E-state index contributed by atoms with van der Waals surface area (Å²) in [7, 11) is 2.19. The Labute approximate surface area is 89.9 Å². The molecule has 0 saturated heterocycles. The first-order chi connectivity index (χ1) is 6.39. The van der Waals surface area contributed by atoms with Gasteiger partial charge in [-0.05, 0) is 52.2 Å². The van der Waals surface area contributed by atoms with Gasteiger partial charge in [-0.3, -0.25) is 0 Å². The highest BCUT2D eigenvalue weighted by atomic mass is 15.1. The third-order valence-electron chi connectivity index (χ3n) is 3.05. The van der Waals surface area contributed by atoms with Crippen molar-refractivity contribution in [1.29, 1.82) is 0 Å². The first-order valence-electron chi connectivity index (χ1n) is 5.79. The summed E-state index contributed by atoms with van der Waals surface area (Å²) in [6.07, 6.45) is 3.83. The Balaban J connectivity index is 3.47. The van der Waals surface area contributed by atoms with E-state index in [2.05, 4.69) is 39.6 Å². The molecular weight excluding hydrogens is 172 g/mol. The molecule has 0 unspecified atom stereocenters. The molecule has 0 atom stereocenters. The standard InChI is InChI=1S/C12H28N2/c1-11(2)14(5)9-7-6-8-12(3,4)10-13/h11H,6-10,13H2,1-5H3. The molecule has 2 heteroatoms. The van der Waals surface area contributed by atoms with Crippen LogP contribution in [-0.2, 0) is 0 Å². The van der Waals surface area contributed by atoms with E-state index in [1.807, 2.05) is 0 Å². The van der Waals surface area contributed by atoms with Crippen LogP contribution >= 0.6 is 0 Å². The first kappa shape index (κ1) is 13.9. The minimum absolute atomic E-state index is 0.330. The van der Waals surface area contributed by atoms with E-state index in [0.29, 0.717) is 11.5 Å². The molecule has 2 N–H and O–H groups in total. The maximum Gasteiger partial charge on any atom is 0.00355 e. The molecule has 0 aliphatic rings. The molecule has 0 bridgehead atoms. The van der Waals surface area contributed by atoms with Gasteiger partial charge in [0.15, 0.2) is 0 Å². The van der Waals surface area contributed by atoms with Gasteiger partial charge in [0, 0.05) is 6.04 Å². The van der Waals surface area contributed by atoms with Crippen molar-refractivity contribution >= 4 is 0 Å². The Morgan fingerprint density at radius 3 is 2.21 bits per heavy atom. The van der Waals surface area contributed by atoms with Gasteiger partial charge >= 0.3 is 0 Å². The summed E-state index contributed by atoms with van der Waals surface area (Å²) in [5, 5.41) is 0. The van der Waals surface area contributed by atoms with E-state index >= 15 is 0 Å². The zero-order valence-corrected chi connectivity index (χ0v) is 10.6. The van der Waals surface area contributed by atoms with Crippen molar-refractivity contribution in [1.82, 2.24) is 4.90 Å². The fraction of sp³-hybridized carbons (Fsp3) is 1.00. The summed E-state index contributed by atoms with van der Waals surface area (Å²) in [5.41, 5.74) is 6.02. The van der Waals surface area contributed by atoms with E-state index in [0.717, 1.165) is 6.54 Å². The topological polar surface area (TPSA) is 29.3 Å². The molecule has 0 aromatic heterocycles. The van der Waals surface area contributed by atoms with Crippen molar-refractivity contribution in [2.75, 3.05) is 20.1 Å². The molecule has 0 aromatic carbocycles. The van der Waals surface area contributed by atoms with Gasteiger partial charge in [0.1, 0.15) is 0 Å². The Bertz CT molecular complexity index is 141. The lowest BCUT2D eigenvalue weighted by Crippen LogP contribution is -2.28. The van der Waals surface area contributed by atoms with E-state index in [9.17, 15) is 0 Å². The molecule has 86 valence electrons. The Morgan fingerprint density at radius 1 is 1.21 bits per heavy atom. The zero-order valence-electron chi connectivity index (χ0n) is 10.6. The summed E-state index contributed by atoms with van der Waals surface area (Å²) in [6.45, 7) is 11.0. The lowest BCUT2D eigenvalue weighted by atomic mass is 9.87. The lowest BCUT2D eigenvalue weighted by Gasteiger charge is -2.24. The summed E-state index contributed by atoms with van der Waals surface area (Å²) < 4.78 is 0. The largest absolute Gasteiger partial charge is 0.330 e. The normalized spacial score (nSPS) is 12.9. The number of rotatable bonds is 7. The smallest absolute Gasteiger partial charge is 0.00355 e. The highest BCUT2D eigenvalue weighted by molar-refractivity contribution is 4.69. The van der Waals surface area contributed by atoms with Crippen LogP contribution in [0.4, 0.5) is 0 Å². The van der Waals surface area contributed by atoms with E-state index in [-0.39, 0.29) is 0 Å². The minimum atomic E-state index is 0.330. The Kier molecular flexibility index (Phi) is 6.38. The highest BCUT2D eigenvalue weighted by Gasteiger charge is 2.14. The van der Waals surface area contributed by atoms with Gasteiger partial charge in [0.05, 0.1) is 0 Å². The van der Waals surface area contributed by atoms with Gasteiger partial charge in [0.25, 0.3) is 0 Å². The molecule has 2 nitrogen and oxygen atoms in total. The second kappa shape index (κ2) is 6.41. The van der Waals surface area contributed by atoms with Gasteiger partial charge in [-0.2, -0.15) is 0 Å². The molecule has 0 aliphatic heterocycles. The van der Waals surface area contributed by atoms with Crippen molar-refractivity contribution in [2.45, 2.75) is 53.0 Å². The molecule has 0 aromatic rings. The SMILES string of the molecule is CC(C)N(C)CCCCC(C)(C)CN. The maximum absolute atomic E-state index is 5.69. The van der Waals surface area contributed by atoms with Crippen LogP contribution in [0.1, 0.15) is 47.0 Å². The number of nitrogens with zero attached hydrogens (tertiary/aromatic N) is 1. The van der Waals surface area contributed by atoms with Gasteiger partial charge in [-0.25, -0.2) is 0 Å². The quantitative estimate of drug-likeness (QED) is 0.640. The van der Waals surface area contributed by atoms with E-state index in [4.69, 9.17) is 5.73 Å². The molecule has 14 heavy (non-hydrogen) atoms. The Hall–Kier alpha value is -0.0800. The van der Waals surface area contributed by atoms with Crippen molar-refractivity contribution in [3.63, 3.8) is 0 Å². The monoisotopic (exact) mass is 200 g/mol. The number of hydrogen-bond donors (Lipinski definition) is 1. The van der Waals surface area contributed by atoms with Crippen molar-refractivity contribution < 1.29 is 0 Å². The van der Waals surface area contributed by atoms with Crippen LogP contribution in [0.5, 0.6) is 0 Å². The molecule has 0 aliphatic carbocycles. The summed E-state index contributed by atoms with van der Waals surface area (Å²) in [4.78, 5) is 2.40. The van der Waals surface area contributed by atoms with Crippen molar-refractivity contribution in [3.05, 3.63) is 0 Å². The summed E-state index contributed by atoms with van der Waals surface area (Å²) in [5.74, 6) is 0. The van der Waals surface area contributed by atoms with Gasteiger partial charge in [-0.15, -0.1) is 0 Å². The van der Waals surface area contributed by atoms with Crippen LogP contribution in [0, 0.1) is 5.41 Å². The second-order valence-corrected chi connectivity index (χ2v) is 5.40. The van der Waals surface area contributed by atoms with E-state index in [1.54, 1.807) is 0 Å². The number of nitrogens with two attached hydrogens (primary N) is 1. The highest BCUT2D eigenvalue weighted by Crippen LogP contribution is 2.21. The number of unbranched alkanes of at least 4 members (excludes halogenated alkanes) is 1. The molecule has 0 fully saturated rings.